The van der Waals surface area contributed by atoms with Crippen molar-refractivity contribution >= 4 is 34.5 Å². The van der Waals surface area contributed by atoms with E-state index in [2.05, 4.69) is 4.98 Å². The van der Waals surface area contributed by atoms with Gasteiger partial charge in [-0.25, -0.2) is 4.98 Å². The van der Waals surface area contributed by atoms with Crippen LogP contribution in [0, 0.1) is 12.3 Å². The largest absolute Gasteiger partial charge is 0.392 e. The van der Waals surface area contributed by atoms with Crippen molar-refractivity contribution < 1.29 is 4.79 Å². The summed E-state index contributed by atoms with van der Waals surface area (Å²) in [5.74, 6) is -0.0368. The van der Waals surface area contributed by atoms with Gasteiger partial charge >= 0.3 is 0 Å². The summed E-state index contributed by atoms with van der Waals surface area (Å²) in [6.07, 6.45) is 0.604. The number of hydrogen-bond acceptors (Lipinski definition) is 4. The molecule has 4 nitrogen and oxygen atoms in total. The van der Waals surface area contributed by atoms with Crippen molar-refractivity contribution in [2.75, 3.05) is 7.05 Å². The number of hydrogen-bond donors (Lipinski definition) is 1. The van der Waals surface area contributed by atoms with Gasteiger partial charge < -0.3 is 10.6 Å². The maximum absolute atomic E-state index is 12.4. The third kappa shape index (κ3) is 2.87. The molecule has 1 unspecified atom stereocenters. The lowest BCUT2D eigenvalue weighted by atomic mass is 9.86. The van der Waals surface area contributed by atoms with Crippen LogP contribution in [-0.2, 0) is 11.3 Å². The lowest BCUT2D eigenvalue weighted by Crippen LogP contribution is -2.47. The quantitative estimate of drug-likeness (QED) is 0.842. The number of thiocarbonyl (C=S) groups is 1. The second kappa shape index (κ2) is 5.75. The number of carbonyl (C=O) groups is 1. The minimum atomic E-state index is -0.761. The summed E-state index contributed by atoms with van der Waals surface area (Å²) in [7, 11) is 1.77. The molecule has 0 saturated carbocycles. The van der Waals surface area contributed by atoms with Gasteiger partial charge in [0, 0.05) is 11.9 Å². The fraction of sp³-hybridized carbons (Fsp3) is 0.583. The number of amides is 1. The predicted octanol–water partition coefficient (Wildman–Crippen LogP) is 2.11. The van der Waals surface area contributed by atoms with Gasteiger partial charge in [0.25, 0.3) is 0 Å². The van der Waals surface area contributed by atoms with Gasteiger partial charge in [0.15, 0.2) is 0 Å². The topological polar surface area (TPSA) is 59.2 Å². The summed E-state index contributed by atoms with van der Waals surface area (Å²) in [6, 6.07) is 0. The van der Waals surface area contributed by atoms with Crippen LogP contribution >= 0.6 is 23.6 Å². The fourth-order valence-electron chi connectivity index (χ4n) is 1.62. The zero-order chi connectivity index (χ0) is 13.9. The van der Waals surface area contributed by atoms with Gasteiger partial charge in [-0.2, -0.15) is 0 Å². The van der Waals surface area contributed by atoms with E-state index in [1.54, 1.807) is 35.7 Å². The highest BCUT2D eigenvalue weighted by atomic mass is 32.1. The number of rotatable bonds is 5. The minimum absolute atomic E-state index is 0.0368. The molecule has 18 heavy (non-hydrogen) atoms. The van der Waals surface area contributed by atoms with Gasteiger partial charge in [-0.1, -0.05) is 19.1 Å². The number of nitrogens with zero attached hydrogens (tertiary/aromatic N) is 2. The van der Waals surface area contributed by atoms with Crippen LogP contribution in [-0.4, -0.2) is 27.8 Å². The summed E-state index contributed by atoms with van der Waals surface area (Å²) in [6.45, 7) is 6.21. The fourth-order valence-corrected chi connectivity index (χ4v) is 2.68. The summed E-state index contributed by atoms with van der Waals surface area (Å²) in [5.41, 5.74) is 7.69. The van der Waals surface area contributed by atoms with E-state index in [1.807, 2.05) is 13.8 Å². The standard InChI is InChI=1S/C12H19N3OS2/c1-5-12(3,10(13)17)11(16)15(4)6-9-8(2)14-7-18-9/h7H,5-6H2,1-4H3,(H2,13,17). The molecule has 1 atom stereocenters. The molecule has 1 amide bonds. The molecule has 1 rings (SSSR count). The highest BCUT2D eigenvalue weighted by molar-refractivity contribution is 7.80. The van der Waals surface area contributed by atoms with E-state index in [9.17, 15) is 4.79 Å². The van der Waals surface area contributed by atoms with Gasteiger partial charge in [-0.15, -0.1) is 11.3 Å². The highest BCUT2D eigenvalue weighted by Gasteiger charge is 2.36. The lowest BCUT2D eigenvalue weighted by molar-refractivity contribution is -0.136. The second-order valence-electron chi connectivity index (χ2n) is 4.57. The Morgan fingerprint density at radius 3 is 2.67 bits per heavy atom. The van der Waals surface area contributed by atoms with Crippen molar-refractivity contribution in [1.82, 2.24) is 9.88 Å². The van der Waals surface area contributed by atoms with Gasteiger partial charge in [-0.05, 0) is 20.3 Å². The molecule has 1 heterocycles. The van der Waals surface area contributed by atoms with E-state index in [4.69, 9.17) is 18.0 Å². The Morgan fingerprint density at radius 1 is 1.67 bits per heavy atom. The second-order valence-corrected chi connectivity index (χ2v) is 5.95. The molecule has 0 saturated heterocycles. The molecule has 100 valence electrons. The molecule has 6 heteroatoms. The van der Waals surface area contributed by atoms with Crippen LogP contribution in [0.15, 0.2) is 5.51 Å². The summed E-state index contributed by atoms with van der Waals surface area (Å²) >= 11 is 6.57. The zero-order valence-electron chi connectivity index (χ0n) is 11.2. The van der Waals surface area contributed by atoms with Crippen molar-refractivity contribution in [1.29, 1.82) is 0 Å². The average molecular weight is 285 g/mol. The van der Waals surface area contributed by atoms with Crippen LogP contribution < -0.4 is 5.73 Å². The molecule has 0 aliphatic rings. The number of aryl methyl sites for hydroxylation is 1. The third-order valence-corrected chi connectivity index (χ3v) is 4.67. The Balaban J connectivity index is 2.84. The predicted molar refractivity (Wildman–Crippen MR) is 78.5 cm³/mol. The molecule has 2 N–H and O–H groups in total. The Morgan fingerprint density at radius 2 is 2.28 bits per heavy atom. The van der Waals surface area contributed by atoms with Crippen LogP contribution in [0.3, 0.4) is 0 Å². The molecule has 0 aliphatic heterocycles. The zero-order valence-corrected chi connectivity index (χ0v) is 12.8. The lowest BCUT2D eigenvalue weighted by Gasteiger charge is -2.30. The van der Waals surface area contributed by atoms with E-state index in [0.717, 1.165) is 10.6 Å². The molecule has 0 bridgehead atoms. The number of carbonyl (C=O) groups excluding carboxylic acids is 1. The first-order valence-corrected chi connectivity index (χ1v) is 7.06. The van der Waals surface area contributed by atoms with Crippen LogP contribution in [0.25, 0.3) is 0 Å². The molecular weight excluding hydrogens is 266 g/mol. The SMILES string of the molecule is CCC(C)(C(=O)N(C)Cc1scnc1C)C(N)=S. The maximum atomic E-state index is 12.4. The number of aromatic nitrogens is 1. The van der Waals surface area contributed by atoms with Crippen LogP contribution in [0.1, 0.15) is 30.8 Å². The van der Waals surface area contributed by atoms with E-state index >= 15 is 0 Å². The van der Waals surface area contributed by atoms with Crippen LogP contribution in [0.4, 0.5) is 0 Å². The molecule has 0 fully saturated rings. The first kappa shape index (κ1) is 15.0. The maximum Gasteiger partial charge on any atom is 0.235 e. The van der Waals surface area contributed by atoms with Crippen molar-refractivity contribution in [3.63, 3.8) is 0 Å². The summed E-state index contributed by atoms with van der Waals surface area (Å²) in [4.78, 5) is 19.6. The molecule has 0 spiro atoms. The Hall–Kier alpha value is -1.01. The average Bonchev–Trinajstić information content (AvgIpc) is 2.72. The van der Waals surface area contributed by atoms with Gasteiger partial charge in [-0.3, -0.25) is 4.79 Å². The van der Waals surface area contributed by atoms with Crippen molar-refractivity contribution in [2.45, 2.75) is 33.7 Å². The Bertz CT molecular complexity index is 458. The van der Waals surface area contributed by atoms with Gasteiger partial charge in [0.2, 0.25) is 5.91 Å². The Labute approximate surface area is 117 Å². The smallest absolute Gasteiger partial charge is 0.235 e. The summed E-state index contributed by atoms with van der Waals surface area (Å²) < 4.78 is 0. The molecule has 0 aromatic carbocycles. The van der Waals surface area contributed by atoms with Gasteiger partial charge in [0.1, 0.15) is 0 Å². The van der Waals surface area contributed by atoms with Gasteiger partial charge in [0.05, 0.1) is 28.2 Å². The third-order valence-electron chi connectivity index (χ3n) is 3.30. The molecule has 1 aromatic heterocycles. The number of nitrogens with two attached hydrogens (primary N) is 1. The molecule has 0 radical (unpaired) electrons. The molecule has 0 aliphatic carbocycles. The van der Waals surface area contributed by atoms with E-state index < -0.39 is 5.41 Å². The normalized spacial score (nSPS) is 14.0. The van der Waals surface area contributed by atoms with Crippen LogP contribution in [0.2, 0.25) is 0 Å². The molecule has 1 aromatic rings. The van der Waals surface area contributed by atoms with Crippen molar-refractivity contribution in [3.05, 3.63) is 16.1 Å². The highest BCUT2D eigenvalue weighted by Crippen LogP contribution is 2.26. The van der Waals surface area contributed by atoms with Crippen molar-refractivity contribution in [3.8, 4) is 0 Å². The van der Waals surface area contributed by atoms with E-state index in [0.29, 0.717) is 13.0 Å². The minimum Gasteiger partial charge on any atom is -0.392 e. The first-order valence-electron chi connectivity index (χ1n) is 5.77. The first-order chi connectivity index (χ1) is 8.32. The van der Waals surface area contributed by atoms with E-state index in [1.165, 1.54) is 0 Å². The summed E-state index contributed by atoms with van der Waals surface area (Å²) in [5, 5.41) is 0. The van der Waals surface area contributed by atoms with Crippen LogP contribution in [0.5, 0.6) is 0 Å². The molecular formula is C12H19N3OS2. The number of thiazole rings is 1. The van der Waals surface area contributed by atoms with Crippen molar-refractivity contribution in [2.24, 2.45) is 11.1 Å². The Kier molecular flexibility index (Phi) is 4.81. The monoisotopic (exact) mass is 285 g/mol. The van der Waals surface area contributed by atoms with E-state index in [-0.39, 0.29) is 10.9 Å².